The Morgan fingerprint density at radius 1 is 1.47 bits per heavy atom. The lowest BCUT2D eigenvalue weighted by Crippen LogP contribution is -2.57. The number of aliphatic hydroxyl groups is 1. The molecule has 2 heterocycles. The molecule has 0 aromatic carbocycles. The zero-order valence-corrected chi connectivity index (χ0v) is 10.5. The maximum absolute atomic E-state index is 11.4. The molecule has 0 bridgehead atoms. The van der Waals surface area contributed by atoms with E-state index in [-0.39, 0.29) is 24.1 Å². The van der Waals surface area contributed by atoms with E-state index in [1.165, 1.54) is 0 Å². The van der Waals surface area contributed by atoms with Gasteiger partial charge in [-0.1, -0.05) is 0 Å². The third-order valence-corrected chi connectivity index (χ3v) is 4.08. The van der Waals surface area contributed by atoms with Crippen LogP contribution in [0.4, 0.5) is 0 Å². The van der Waals surface area contributed by atoms with E-state index in [9.17, 15) is 9.90 Å². The maximum Gasteiger partial charge on any atom is 0.217 e. The zero-order valence-electron chi connectivity index (χ0n) is 10.5. The van der Waals surface area contributed by atoms with Crippen molar-refractivity contribution in [3.63, 3.8) is 0 Å². The first kappa shape index (κ1) is 12.8. The number of nitrogens with one attached hydrogen (secondary N) is 3. The second kappa shape index (κ2) is 5.33. The lowest BCUT2D eigenvalue weighted by atomic mass is 9.76. The van der Waals surface area contributed by atoms with Crippen LogP contribution in [0, 0.1) is 5.92 Å². The Bertz CT molecular complexity index is 279. The van der Waals surface area contributed by atoms with Gasteiger partial charge in [0.15, 0.2) is 0 Å². The molecule has 2 saturated heterocycles. The van der Waals surface area contributed by atoms with Crippen LogP contribution in [0.1, 0.15) is 26.2 Å². The van der Waals surface area contributed by atoms with Crippen molar-refractivity contribution in [1.29, 1.82) is 0 Å². The van der Waals surface area contributed by atoms with E-state index in [0.29, 0.717) is 5.92 Å². The molecule has 5 heteroatoms. The van der Waals surface area contributed by atoms with Crippen molar-refractivity contribution in [3.8, 4) is 0 Å². The Hall–Kier alpha value is -0.650. The van der Waals surface area contributed by atoms with Crippen LogP contribution in [0.3, 0.4) is 0 Å². The van der Waals surface area contributed by atoms with Crippen molar-refractivity contribution < 1.29 is 9.90 Å². The van der Waals surface area contributed by atoms with Gasteiger partial charge in [-0.05, 0) is 38.3 Å². The quantitative estimate of drug-likeness (QED) is 0.523. The minimum absolute atomic E-state index is 0.0314. The number of rotatable bonds is 3. The molecule has 0 spiro atoms. The van der Waals surface area contributed by atoms with Gasteiger partial charge >= 0.3 is 0 Å². The number of hydrogen-bond acceptors (Lipinski definition) is 4. The first-order chi connectivity index (χ1) is 8.16. The number of piperidine rings is 1. The van der Waals surface area contributed by atoms with Gasteiger partial charge in [0.05, 0.1) is 12.1 Å². The van der Waals surface area contributed by atoms with E-state index in [0.717, 1.165) is 38.9 Å². The van der Waals surface area contributed by atoms with Crippen LogP contribution < -0.4 is 16.0 Å². The van der Waals surface area contributed by atoms with Crippen LogP contribution in [0.25, 0.3) is 0 Å². The first-order valence-corrected chi connectivity index (χ1v) is 6.50. The van der Waals surface area contributed by atoms with E-state index < -0.39 is 0 Å². The van der Waals surface area contributed by atoms with Gasteiger partial charge < -0.3 is 21.1 Å². The largest absolute Gasteiger partial charge is 0.395 e. The fourth-order valence-corrected chi connectivity index (χ4v) is 3.27. The monoisotopic (exact) mass is 241 g/mol. The fourth-order valence-electron chi connectivity index (χ4n) is 3.27. The van der Waals surface area contributed by atoms with E-state index in [1.54, 1.807) is 6.92 Å². The number of carbonyl (C=O) groups is 1. The van der Waals surface area contributed by atoms with Gasteiger partial charge in [-0.2, -0.15) is 0 Å². The third kappa shape index (κ3) is 2.78. The summed E-state index contributed by atoms with van der Waals surface area (Å²) in [4.78, 5) is 11.4. The van der Waals surface area contributed by atoms with Crippen molar-refractivity contribution in [2.24, 2.45) is 5.92 Å². The topological polar surface area (TPSA) is 73.4 Å². The highest BCUT2D eigenvalue weighted by Crippen LogP contribution is 2.33. The minimum Gasteiger partial charge on any atom is -0.395 e. The first-order valence-electron chi connectivity index (χ1n) is 6.50. The number of aliphatic hydroxyl groups excluding tert-OH is 1. The number of amides is 1. The summed E-state index contributed by atoms with van der Waals surface area (Å²) in [5.74, 6) is 0.542. The van der Waals surface area contributed by atoms with E-state index in [4.69, 9.17) is 0 Å². The smallest absolute Gasteiger partial charge is 0.217 e. The Morgan fingerprint density at radius 2 is 2.18 bits per heavy atom. The summed E-state index contributed by atoms with van der Waals surface area (Å²) in [6.45, 7) is 4.55. The van der Waals surface area contributed by atoms with Gasteiger partial charge in [0.25, 0.3) is 0 Å². The number of carbonyl (C=O) groups excluding carboxylic acids is 1. The molecule has 17 heavy (non-hydrogen) atoms. The maximum atomic E-state index is 11.4. The van der Waals surface area contributed by atoms with Gasteiger partial charge in [0.1, 0.15) is 0 Å². The van der Waals surface area contributed by atoms with Gasteiger partial charge in [0, 0.05) is 19.5 Å². The molecule has 4 N–H and O–H groups in total. The molecule has 0 unspecified atom stereocenters. The van der Waals surface area contributed by atoms with Crippen molar-refractivity contribution in [1.82, 2.24) is 16.0 Å². The Labute approximate surface area is 102 Å². The molecule has 0 aliphatic carbocycles. The second-order valence-electron chi connectivity index (χ2n) is 5.33. The Morgan fingerprint density at radius 3 is 2.71 bits per heavy atom. The summed E-state index contributed by atoms with van der Waals surface area (Å²) < 4.78 is 0. The molecule has 0 saturated carbocycles. The fraction of sp³-hybridized carbons (Fsp3) is 0.917. The molecule has 5 nitrogen and oxygen atoms in total. The second-order valence-corrected chi connectivity index (χ2v) is 5.33. The van der Waals surface area contributed by atoms with E-state index >= 15 is 0 Å². The summed E-state index contributed by atoms with van der Waals surface area (Å²) in [5, 5.41) is 19.1. The normalized spacial score (nSPS) is 34.8. The predicted octanol–water partition coefficient (Wildman–Crippen LogP) is -0.785. The van der Waals surface area contributed by atoms with E-state index in [1.807, 2.05) is 0 Å². The van der Waals surface area contributed by atoms with Crippen LogP contribution in [0.5, 0.6) is 0 Å². The lowest BCUT2D eigenvalue weighted by molar-refractivity contribution is -0.121. The average molecular weight is 241 g/mol. The van der Waals surface area contributed by atoms with Crippen LogP contribution in [-0.4, -0.2) is 48.8 Å². The molecule has 98 valence electrons. The molecule has 0 aromatic heterocycles. The Kier molecular flexibility index (Phi) is 4.01. The van der Waals surface area contributed by atoms with Gasteiger partial charge in [-0.15, -0.1) is 0 Å². The molecule has 2 aliphatic rings. The molecular weight excluding hydrogens is 218 g/mol. The average Bonchev–Trinajstić information content (AvgIpc) is 2.74. The predicted molar refractivity (Wildman–Crippen MR) is 65.6 cm³/mol. The summed E-state index contributed by atoms with van der Waals surface area (Å²) in [6.07, 6.45) is 3.04. The van der Waals surface area contributed by atoms with Crippen LogP contribution in [0.2, 0.25) is 0 Å². The number of hydrogen-bond donors (Lipinski definition) is 4. The van der Waals surface area contributed by atoms with Crippen LogP contribution >= 0.6 is 0 Å². The van der Waals surface area contributed by atoms with Crippen LogP contribution in [-0.2, 0) is 4.79 Å². The van der Waals surface area contributed by atoms with Crippen molar-refractivity contribution in [3.05, 3.63) is 0 Å². The van der Waals surface area contributed by atoms with E-state index in [2.05, 4.69) is 16.0 Å². The summed E-state index contributed by atoms with van der Waals surface area (Å²) in [5.41, 5.74) is -0.151. The van der Waals surface area contributed by atoms with Crippen molar-refractivity contribution in [2.75, 3.05) is 26.2 Å². The highest BCUT2D eigenvalue weighted by Gasteiger charge is 2.45. The minimum atomic E-state index is -0.151. The highest BCUT2D eigenvalue weighted by atomic mass is 16.3. The SMILES string of the molecule is CC(=O)N[C@]1(C2CCNCC2)CN[C@H](CO)C1. The van der Waals surface area contributed by atoms with Gasteiger partial charge in [-0.3, -0.25) is 4.79 Å². The highest BCUT2D eigenvalue weighted by molar-refractivity contribution is 5.74. The standard InChI is InChI=1S/C12H23N3O2/c1-9(17)15-12(6-11(7-16)14-8-12)10-2-4-13-5-3-10/h10-11,13-14,16H,2-8H2,1H3,(H,15,17)/t11-,12-/m0/s1. The zero-order chi connectivity index (χ0) is 12.3. The van der Waals surface area contributed by atoms with Crippen molar-refractivity contribution in [2.45, 2.75) is 37.8 Å². The lowest BCUT2D eigenvalue weighted by Gasteiger charge is -2.40. The van der Waals surface area contributed by atoms with Gasteiger partial charge in [-0.25, -0.2) is 0 Å². The van der Waals surface area contributed by atoms with Gasteiger partial charge in [0.2, 0.25) is 5.91 Å². The molecule has 2 atom stereocenters. The summed E-state index contributed by atoms with van der Waals surface area (Å²) >= 11 is 0. The molecule has 0 radical (unpaired) electrons. The Balaban J connectivity index is 2.09. The summed E-state index contributed by atoms with van der Waals surface area (Å²) in [6, 6.07) is 0.122. The van der Waals surface area contributed by atoms with Crippen molar-refractivity contribution >= 4 is 5.91 Å². The molecule has 2 rings (SSSR count). The third-order valence-electron chi connectivity index (χ3n) is 4.08. The molecule has 2 fully saturated rings. The molecular formula is C12H23N3O2. The molecule has 2 aliphatic heterocycles. The molecule has 1 amide bonds. The molecule has 0 aromatic rings. The summed E-state index contributed by atoms with van der Waals surface area (Å²) in [7, 11) is 0. The van der Waals surface area contributed by atoms with Crippen LogP contribution in [0.15, 0.2) is 0 Å².